The summed E-state index contributed by atoms with van der Waals surface area (Å²) in [5.41, 5.74) is 2.89. The highest BCUT2D eigenvalue weighted by Gasteiger charge is 2.39. The maximum atomic E-state index is 13.6. The minimum Gasteiger partial charge on any atom is -0.496 e. The number of nitrogens with zero attached hydrogens (tertiary/aromatic N) is 1. The number of benzene rings is 1. The molecule has 0 fully saturated rings. The first-order chi connectivity index (χ1) is 17.4. The molecular weight excluding hydrogens is 448 g/mol. The maximum absolute atomic E-state index is 13.6. The van der Waals surface area contributed by atoms with Crippen molar-refractivity contribution >= 4 is 5.91 Å². The van der Waals surface area contributed by atoms with E-state index in [2.05, 4.69) is 49.7 Å². The summed E-state index contributed by atoms with van der Waals surface area (Å²) >= 11 is 0. The standard InChI is InChI=1S/C31H42N2O3/c1-8-14-24-25(15-9-2)29(35-7)27(30(34)32-20-23-33(21-12-5)22-13-6)26-16-19-31(17-10-3,18-11-4)36-28(24)26/h8-13H,1-6,14-23H2,7H3,(H,32,34). The fourth-order valence-electron chi connectivity index (χ4n) is 4.96. The van der Waals surface area contributed by atoms with Crippen LogP contribution in [-0.4, -0.2) is 49.7 Å². The Morgan fingerprint density at radius 2 is 1.58 bits per heavy atom. The molecule has 0 unspecified atom stereocenters. The Labute approximate surface area is 217 Å². The van der Waals surface area contributed by atoms with Crippen molar-refractivity contribution in [2.45, 2.75) is 44.1 Å². The zero-order chi connectivity index (χ0) is 26.6. The molecule has 5 heteroatoms. The summed E-state index contributed by atoms with van der Waals surface area (Å²) < 4.78 is 12.7. The summed E-state index contributed by atoms with van der Waals surface area (Å²) in [5.74, 6) is 1.17. The van der Waals surface area contributed by atoms with E-state index in [4.69, 9.17) is 9.47 Å². The van der Waals surface area contributed by atoms with Crippen LogP contribution in [0.3, 0.4) is 0 Å². The van der Waals surface area contributed by atoms with E-state index >= 15 is 0 Å². The van der Waals surface area contributed by atoms with Crippen molar-refractivity contribution in [1.82, 2.24) is 10.2 Å². The van der Waals surface area contributed by atoms with Crippen molar-refractivity contribution in [1.29, 1.82) is 0 Å². The minimum atomic E-state index is -0.434. The molecule has 0 saturated carbocycles. The highest BCUT2D eigenvalue weighted by Crippen LogP contribution is 2.47. The average Bonchev–Trinajstić information content (AvgIpc) is 2.85. The van der Waals surface area contributed by atoms with E-state index in [1.54, 1.807) is 7.11 Å². The molecule has 0 aromatic heterocycles. The van der Waals surface area contributed by atoms with Crippen molar-refractivity contribution in [3.63, 3.8) is 0 Å². The van der Waals surface area contributed by atoms with Crippen LogP contribution in [0.2, 0.25) is 0 Å². The third kappa shape index (κ3) is 6.67. The SMILES string of the molecule is C=CCc1c(CC=C)c(OC)c(C(=O)NCCN(CC=C)CC=C)c2c1OC(CC=C)(CC=C)CC2. The fourth-order valence-corrected chi connectivity index (χ4v) is 4.96. The Balaban J connectivity index is 2.58. The number of ether oxygens (including phenoxy) is 2. The third-order valence-corrected chi connectivity index (χ3v) is 6.51. The van der Waals surface area contributed by atoms with Gasteiger partial charge in [-0.1, -0.05) is 36.5 Å². The van der Waals surface area contributed by atoms with Crippen molar-refractivity contribution in [2.75, 3.05) is 33.3 Å². The van der Waals surface area contributed by atoms with Crippen LogP contribution in [-0.2, 0) is 19.3 Å². The molecule has 0 saturated heterocycles. The molecule has 0 spiro atoms. The molecule has 1 aliphatic heterocycles. The first-order valence-electron chi connectivity index (χ1n) is 12.5. The number of hydrogen-bond donors (Lipinski definition) is 1. The monoisotopic (exact) mass is 490 g/mol. The molecule has 0 atom stereocenters. The van der Waals surface area contributed by atoms with E-state index in [1.165, 1.54) is 0 Å². The molecule has 36 heavy (non-hydrogen) atoms. The number of fused-ring (bicyclic) bond motifs is 1. The van der Waals surface area contributed by atoms with Gasteiger partial charge in [0.15, 0.2) is 0 Å². The quantitative estimate of drug-likeness (QED) is 0.282. The number of methoxy groups -OCH3 is 1. The van der Waals surface area contributed by atoms with E-state index in [9.17, 15) is 4.79 Å². The highest BCUT2D eigenvalue weighted by atomic mass is 16.5. The second kappa shape index (κ2) is 14.3. The Morgan fingerprint density at radius 1 is 0.972 bits per heavy atom. The topological polar surface area (TPSA) is 50.8 Å². The largest absolute Gasteiger partial charge is 0.496 e. The first kappa shape index (κ1) is 28.9. The van der Waals surface area contributed by atoms with Crippen LogP contribution in [0.25, 0.3) is 0 Å². The molecule has 0 aliphatic carbocycles. The van der Waals surface area contributed by atoms with E-state index in [0.29, 0.717) is 56.5 Å². The zero-order valence-electron chi connectivity index (χ0n) is 21.9. The predicted molar refractivity (Wildman–Crippen MR) is 151 cm³/mol. The summed E-state index contributed by atoms with van der Waals surface area (Å²) in [6.07, 6.45) is 15.1. The molecule has 5 nitrogen and oxygen atoms in total. The van der Waals surface area contributed by atoms with E-state index in [-0.39, 0.29) is 5.91 Å². The van der Waals surface area contributed by atoms with Crippen molar-refractivity contribution < 1.29 is 14.3 Å². The van der Waals surface area contributed by atoms with Gasteiger partial charge in [0.1, 0.15) is 17.1 Å². The van der Waals surface area contributed by atoms with Gasteiger partial charge in [-0.05, 0) is 25.7 Å². The van der Waals surface area contributed by atoms with Gasteiger partial charge in [-0.2, -0.15) is 0 Å². The molecule has 2 rings (SSSR count). The first-order valence-corrected chi connectivity index (χ1v) is 12.5. The lowest BCUT2D eigenvalue weighted by Gasteiger charge is -2.40. The van der Waals surface area contributed by atoms with Crippen molar-refractivity contribution in [3.05, 3.63) is 98.2 Å². The van der Waals surface area contributed by atoms with Crippen LogP contribution in [0.5, 0.6) is 11.5 Å². The van der Waals surface area contributed by atoms with Gasteiger partial charge < -0.3 is 14.8 Å². The molecule has 1 heterocycles. The number of carbonyl (C=O) groups excluding carboxylic acids is 1. The molecule has 194 valence electrons. The molecule has 0 radical (unpaired) electrons. The van der Waals surface area contributed by atoms with Crippen molar-refractivity contribution in [2.24, 2.45) is 0 Å². The van der Waals surface area contributed by atoms with Gasteiger partial charge in [-0.3, -0.25) is 9.69 Å². The van der Waals surface area contributed by atoms with Crippen LogP contribution < -0.4 is 14.8 Å². The van der Waals surface area contributed by atoms with Gasteiger partial charge in [0.05, 0.1) is 12.7 Å². The molecule has 1 amide bonds. The number of nitrogens with one attached hydrogen (secondary N) is 1. The Kier molecular flexibility index (Phi) is 11.5. The lowest BCUT2D eigenvalue weighted by molar-refractivity contribution is 0.0500. The summed E-state index contributed by atoms with van der Waals surface area (Å²) in [5, 5.41) is 3.10. The van der Waals surface area contributed by atoms with Gasteiger partial charge in [-0.15, -0.1) is 39.5 Å². The van der Waals surface area contributed by atoms with Gasteiger partial charge in [0.2, 0.25) is 0 Å². The van der Waals surface area contributed by atoms with E-state index in [0.717, 1.165) is 42.0 Å². The zero-order valence-corrected chi connectivity index (χ0v) is 21.9. The molecule has 1 aromatic carbocycles. The fraction of sp³-hybridized carbons (Fsp3) is 0.387. The van der Waals surface area contributed by atoms with Gasteiger partial charge in [0.25, 0.3) is 5.91 Å². The van der Waals surface area contributed by atoms with Crippen LogP contribution in [0.4, 0.5) is 0 Å². The lowest BCUT2D eigenvalue weighted by atomic mass is 9.81. The summed E-state index contributed by atoms with van der Waals surface area (Å²) in [4.78, 5) is 15.8. The Hall–Kier alpha value is -3.31. The number of carbonyl (C=O) groups is 1. The normalized spacial score (nSPS) is 13.6. The van der Waals surface area contributed by atoms with Crippen LogP contribution in [0.15, 0.2) is 75.9 Å². The summed E-state index contributed by atoms with van der Waals surface area (Å²) in [6, 6.07) is 0. The van der Waals surface area contributed by atoms with E-state index < -0.39 is 5.60 Å². The molecular formula is C31H42N2O3. The number of allylic oxidation sites excluding steroid dienone is 2. The lowest BCUT2D eigenvalue weighted by Crippen LogP contribution is -2.41. The third-order valence-electron chi connectivity index (χ3n) is 6.51. The predicted octanol–water partition coefficient (Wildman–Crippen LogP) is 5.77. The molecule has 0 bridgehead atoms. The Morgan fingerprint density at radius 3 is 2.11 bits per heavy atom. The van der Waals surface area contributed by atoms with Gasteiger partial charge >= 0.3 is 0 Å². The summed E-state index contributed by atoms with van der Waals surface area (Å²) in [6.45, 7) is 26.0. The van der Waals surface area contributed by atoms with Crippen LogP contribution >= 0.6 is 0 Å². The van der Waals surface area contributed by atoms with Crippen LogP contribution in [0, 0.1) is 0 Å². The smallest absolute Gasteiger partial charge is 0.255 e. The summed E-state index contributed by atoms with van der Waals surface area (Å²) in [7, 11) is 1.61. The van der Waals surface area contributed by atoms with Crippen molar-refractivity contribution in [3.8, 4) is 11.5 Å². The second-order valence-electron chi connectivity index (χ2n) is 9.02. The van der Waals surface area contributed by atoms with Crippen LogP contribution in [0.1, 0.15) is 46.3 Å². The average molecular weight is 491 g/mol. The number of amides is 1. The highest BCUT2D eigenvalue weighted by molar-refractivity contribution is 6.00. The van der Waals surface area contributed by atoms with E-state index in [1.807, 2.05) is 36.5 Å². The second-order valence-corrected chi connectivity index (χ2v) is 9.02. The molecule has 1 aliphatic rings. The maximum Gasteiger partial charge on any atom is 0.255 e. The Bertz CT molecular complexity index is 972. The minimum absolute atomic E-state index is 0.167. The van der Waals surface area contributed by atoms with Gasteiger partial charge in [-0.25, -0.2) is 0 Å². The number of hydrogen-bond acceptors (Lipinski definition) is 4. The number of rotatable bonds is 17. The molecule has 1 N–H and O–H groups in total. The molecule has 1 aromatic rings. The van der Waals surface area contributed by atoms with Gasteiger partial charge in [0, 0.05) is 55.7 Å².